The molecule has 0 fully saturated rings. The van der Waals surface area contributed by atoms with Crippen LogP contribution in [0.5, 0.6) is 0 Å². The van der Waals surface area contributed by atoms with E-state index < -0.39 is 0 Å². The van der Waals surface area contributed by atoms with E-state index in [1.807, 2.05) is 36.4 Å². The number of para-hydroxylation sites is 2. The van der Waals surface area contributed by atoms with Crippen molar-refractivity contribution in [3.63, 3.8) is 0 Å². The van der Waals surface area contributed by atoms with E-state index >= 15 is 0 Å². The van der Waals surface area contributed by atoms with Gasteiger partial charge < -0.3 is 4.98 Å². The molecule has 4 aromatic rings. The molecule has 0 aliphatic carbocycles. The third-order valence-corrected chi connectivity index (χ3v) is 4.49. The largest absolute Gasteiger partial charge is 0.351 e. The minimum absolute atomic E-state index is 0.714. The number of benzene rings is 2. The highest BCUT2D eigenvalue weighted by molar-refractivity contribution is 9.10. The van der Waals surface area contributed by atoms with Gasteiger partial charge in [0, 0.05) is 10.8 Å². The predicted molar refractivity (Wildman–Crippen MR) is 83.8 cm³/mol. The lowest BCUT2D eigenvalue weighted by Crippen LogP contribution is -1.82. The van der Waals surface area contributed by atoms with E-state index in [-0.39, 0.29) is 0 Å². The molecule has 4 heteroatoms. The fourth-order valence-corrected chi connectivity index (χ4v) is 3.30. The first kappa shape index (κ1) is 11.3. The quantitative estimate of drug-likeness (QED) is 0.466. The molecule has 0 radical (unpaired) electrons. The highest BCUT2D eigenvalue weighted by Crippen LogP contribution is 2.36. The number of pyridine rings is 1. The zero-order chi connectivity index (χ0) is 13.0. The Hall–Kier alpha value is -1.58. The summed E-state index contributed by atoms with van der Waals surface area (Å²) in [7, 11) is 0. The van der Waals surface area contributed by atoms with E-state index in [9.17, 15) is 0 Å². The number of halogens is 2. The number of aromatic amines is 1. The Labute approximate surface area is 122 Å². The number of fused-ring (bicyclic) bond motifs is 4. The summed E-state index contributed by atoms with van der Waals surface area (Å²) in [4.78, 5) is 8.11. The molecule has 2 aromatic carbocycles. The Morgan fingerprint density at radius 1 is 0.947 bits per heavy atom. The summed E-state index contributed by atoms with van der Waals surface area (Å²) in [5, 5.41) is 2.86. The average molecular weight is 332 g/mol. The molecule has 1 N–H and O–H groups in total. The van der Waals surface area contributed by atoms with E-state index in [1.165, 1.54) is 0 Å². The van der Waals surface area contributed by atoms with E-state index in [4.69, 9.17) is 16.6 Å². The van der Waals surface area contributed by atoms with Crippen molar-refractivity contribution in [2.75, 3.05) is 0 Å². The summed E-state index contributed by atoms with van der Waals surface area (Å²) in [5.74, 6) is 0. The van der Waals surface area contributed by atoms with Crippen molar-refractivity contribution in [1.29, 1.82) is 0 Å². The van der Waals surface area contributed by atoms with Gasteiger partial charge in [-0.25, -0.2) is 4.98 Å². The van der Waals surface area contributed by atoms with Gasteiger partial charge in [-0.2, -0.15) is 0 Å². The van der Waals surface area contributed by atoms with Gasteiger partial charge in [-0.3, -0.25) is 0 Å². The number of nitrogens with zero attached hydrogens (tertiary/aromatic N) is 1. The second-order valence-electron chi connectivity index (χ2n) is 4.45. The van der Waals surface area contributed by atoms with Gasteiger partial charge in [-0.15, -0.1) is 0 Å². The number of hydrogen-bond donors (Lipinski definition) is 1. The number of rotatable bonds is 0. The van der Waals surface area contributed by atoms with E-state index in [0.717, 1.165) is 37.3 Å². The van der Waals surface area contributed by atoms with E-state index in [2.05, 4.69) is 27.0 Å². The molecule has 0 spiro atoms. The first-order valence-electron chi connectivity index (χ1n) is 5.90. The molecule has 2 nitrogen and oxygen atoms in total. The maximum Gasteiger partial charge on any atom is 0.0977 e. The third-order valence-electron chi connectivity index (χ3n) is 3.35. The predicted octanol–water partition coefficient (Wildman–Crippen LogP) is 5.29. The number of hydrogen-bond acceptors (Lipinski definition) is 1. The van der Waals surface area contributed by atoms with Crippen molar-refractivity contribution in [3.8, 4) is 0 Å². The molecule has 2 aromatic heterocycles. The lowest BCUT2D eigenvalue weighted by molar-refractivity contribution is 1.48. The second kappa shape index (κ2) is 3.95. The summed E-state index contributed by atoms with van der Waals surface area (Å²) in [5.41, 5.74) is 3.84. The monoisotopic (exact) mass is 330 g/mol. The zero-order valence-corrected chi connectivity index (χ0v) is 12.1. The molecule has 0 saturated heterocycles. The van der Waals surface area contributed by atoms with E-state index in [0.29, 0.717) is 5.02 Å². The Bertz CT molecular complexity index is 943. The Kier molecular flexibility index (Phi) is 2.34. The lowest BCUT2D eigenvalue weighted by atomic mass is 10.2. The maximum absolute atomic E-state index is 6.24. The first-order chi connectivity index (χ1) is 9.25. The molecule has 0 bridgehead atoms. The van der Waals surface area contributed by atoms with Crippen molar-refractivity contribution in [1.82, 2.24) is 9.97 Å². The molecule has 2 heterocycles. The van der Waals surface area contributed by atoms with Crippen molar-refractivity contribution in [3.05, 3.63) is 52.0 Å². The molecule has 0 unspecified atom stereocenters. The SMILES string of the molecule is Clc1cccc2c1[nH]c1c(Br)c3ccccc3nc12. The van der Waals surface area contributed by atoms with Gasteiger partial charge in [0.1, 0.15) is 0 Å². The first-order valence-corrected chi connectivity index (χ1v) is 7.07. The smallest absolute Gasteiger partial charge is 0.0977 e. The van der Waals surface area contributed by atoms with Crippen LogP contribution in [0.2, 0.25) is 5.02 Å². The summed E-state index contributed by atoms with van der Waals surface area (Å²) in [6, 6.07) is 13.9. The third kappa shape index (κ3) is 1.52. The van der Waals surface area contributed by atoms with Crippen LogP contribution in [0, 0.1) is 0 Å². The summed E-state index contributed by atoms with van der Waals surface area (Å²) in [6.45, 7) is 0. The molecular weight excluding hydrogens is 324 g/mol. The molecule has 0 saturated carbocycles. The zero-order valence-electron chi connectivity index (χ0n) is 9.74. The standard InChI is InChI=1S/C15H8BrClN2/c16-12-8-4-1-2-7-11(8)18-14-9-5-3-6-10(17)13(9)19-15(12)14/h1-7,19H. The van der Waals surface area contributed by atoms with Crippen LogP contribution in [-0.2, 0) is 0 Å². The van der Waals surface area contributed by atoms with Gasteiger partial charge in [-0.1, -0.05) is 41.9 Å². The van der Waals surface area contributed by atoms with Crippen LogP contribution in [0.15, 0.2) is 46.9 Å². The van der Waals surface area contributed by atoms with Crippen LogP contribution in [0.25, 0.3) is 32.8 Å². The van der Waals surface area contributed by atoms with Crippen LogP contribution in [0.3, 0.4) is 0 Å². The number of H-pyrrole nitrogens is 1. The normalized spacial score (nSPS) is 11.7. The fourth-order valence-electron chi connectivity index (χ4n) is 2.45. The topological polar surface area (TPSA) is 28.7 Å². The highest BCUT2D eigenvalue weighted by Gasteiger charge is 2.13. The Morgan fingerprint density at radius 3 is 2.63 bits per heavy atom. The van der Waals surface area contributed by atoms with E-state index in [1.54, 1.807) is 0 Å². The molecule has 0 aliphatic heterocycles. The summed E-state index contributed by atoms with van der Waals surface area (Å²) in [6.07, 6.45) is 0. The molecule has 92 valence electrons. The number of nitrogens with one attached hydrogen (secondary N) is 1. The average Bonchev–Trinajstić information content (AvgIpc) is 2.80. The van der Waals surface area contributed by atoms with Crippen LogP contribution < -0.4 is 0 Å². The van der Waals surface area contributed by atoms with Gasteiger partial charge >= 0.3 is 0 Å². The maximum atomic E-state index is 6.24. The molecule has 0 aliphatic rings. The molecule has 19 heavy (non-hydrogen) atoms. The summed E-state index contributed by atoms with van der Waals surface area (Å²) < 4.78 is 1.03. The lowest BCUT2D eigenvalue weighted by Gasteiger charge is -2.01. The second-order valence-corrected chi connectivity index (χ2v) is 5.65. The molecular formula is C15H8BrClN2. The summed E-state index contributed by atoms with van der Waals surface area (Å²) >= 11 is 9.91. The molecule has 0 atom stereocenters. The van der Waals surface area contributed by atoms with Crippen molar-refractivity contribution >= 4 is 60.4 Å². The van der Waals surface area contributed by atoms with Crippen LogP contribution >= 0.6 is 27.5 Å². The van der Waals surface area contributed by atoms with Crippen molar-refractivity contribution in [2.45, 2.75) is 0 Å². The minimum Gasteiger partial charge on any atom is -0.351 e. The fraction of sp³-hybridized carbons (Fsp3) is 0. The van der Waals surface area contributed by atoms with Crippen LogP contribution in [-0.4, -0.2) is 9.97 Å². The van der Waals surface area contributed by atoms with Crippen LogP contribution in [0.1, 0.15) is 0 Å². The van der Waals surface area contributed by atoms with Gasteiger partial charge in [0.05, 0.1) is 31.6 Å². The molecule has 0 amide bonds. The number of aromatic nitrogens is 2. The Morgan fingerprint density at radius 2 is 1.74 bits per heavy atom. The van der Waals surface area contributed by atoms with Crippen molar-refractivity contribution in [2.24, 2.45) is 0 Å². The van der Waals surface area contributed by atoms with Gasteiger partial charge in [0.2, 0.25) is 0 Å². The highest BCUT2D eigenvalue weighted by atomic mass is 79.9. The van der Waals surface area contributed by atoms with Crippen molar-refractivity contribution < 1.29 is 0 Å². The van der Waals surface area contributed by atoms with Crippen LogP contribution in [0.4, 0.5) is 0 Å². The minimum atomic E-state index is 0.714. The van der Waals surface area contributed by atoms with Gasteiger partial charge in [0.15, 0.2) is 0 Å². The van der Waals surface area contributed by atoms with Gasteiger partial charge in [-0.05, 0) is 28.1 Å². The van der Waals surface area contributed by atoms with Gasteiger partial charge in [0.25, 0.3) is 0 Å². The Balaban J connectivity index is 2.33. The molecule has 4 rings (SSSR count).